The third kappa shape index (κ3) is 8.51. The van der Waals surface area contributed by atoms with Crippen molar-refractivity contribution in [1.82, 2.24) is 5.32 Å². The van der Waals surface area contributed by atoms with E-state index in [1.165, 1.54) is 6.08 Å². The Morgan fingerprint density at radius 1 is 1.17 bits per heavy atom. The van der Waals surface area contributed by atoms with Gasteiger partial charge in [-0.1, -0.05) is 50.6 Å². The average Bonchev–Trinajstić information content (AvgIpc) is 2.39. The van der Waals surface area contributed by atoms with Crippen LogP contribution in [0.15, 0.2) is 30.3 Å². The van der Waals surface area contributed by atoms with E-state index in [1.807, 2.05) is 45.0 Å². The summed E-state index contributed by atoms with van der Waals surface area (Å²) in [5, 5.41) is 2.91. The largest absolute Gasteiger partial charge is 0.452 e. The molecule has 0 radical (unpaired) electrons. The number of rotatable bonds is 6. The van der Waals surface area contributed by atoms with Crippen LogP contribution in [0, 0.1) is 12.3 Å². The number of nitrogens with one attached hydrogen (secondary N) is 1. The molecule has 0 saturated heterocycles. The monoisotopic (exact) mass is 331 g/mol. The van der Waals surface area contributed by atoms with Crippen molar-refractivity contribution in [2.75, 3.05) is 6.61 Å². The molecule has 0 fully saturated rings. The van der Waals surface area contributed by atoms with Gasteiger partial charge in [0.2, 0.25) is 0 Å². The van der Waals surface area contributed by atoms with E-state index in [9.17, 15) is 9.59 Å². The summed E-state index contributed by atoms with van der Waals surface area (Å²) in [7, 11) is 0. The maximum atomic E-state index is 12.0. The van der Waals surface area contributed by atoms with Crippen molar-refractivity contribution in [3.63, 3.8) is 0 Å². The summed E-state index contributed by atoms with van der Waals surface area (Å²) in [6, 6.07) is 7.77. The molecule has 1 N–H and O–H groups in total. The molecule has 0 spiro atoms. The van der Waals surface area contributed by atoms with Gasteiger partial charge in [-0.15, -0.1) is 0 Å². The van der Waals surface area contributed by atoms with Gasteiger partial charge >= 0.3 is 5.97 Å². The Kier molecular flexibility index (Phi) is 6.76. The summed E-state index contributed by atoms with van der Waals surface area (Å²) in [4.78, 5) is 23.7. The van der Waals surface area contributed by atoms with Crippen molar-refractivity contribution >= 4 is 18.0 Å². The van der Waals surface area contributed by atoms with Gasteiger partial charge in [0, 0.05) is 11.6 Å². The molecule has 0 heterocycles. The van der Waals surface area contributed by atoms with Gasteiger partial charge in [0.15, 0.2) is 6.61 Å². The first-order valence-corrected chi connectivity index (χ1v) is 8.19. The average molecular weight is 331 g/mol. The van der Waals surface area contributed by atoms with E-state index in [1.54, 1.807) is 6.08 Å². The Morgan fingerprint density at radius 3 is 2.42 bits per heavy atom. The highest BCUT2D eigenvalue weighted by atomic mass is 16.5. The number of aryl methyl sites for hydroxylation is 1. The number of hydrogen-bond donors (Lipinski definition) is 1. The highest BCUT2D eigenvalue weighted by Gasteiger charge is 2.27. The number of esters is 1. The van der Waals surface area contributed by atoms with Crippen LogP contribution in [0.1, 0.15) is 52.2 Å². The molecular formula is C20H29NO3. The Bertz CT molecular complexity index is 610. The number of ether oxygens (including phenoxy) is 1. The second kappa shape index (κ2) is 8.13. The number of amides is 1. The molecule has 1 aromatic carbocycles. The lowest BCUT2D eigenvalue weighted by atomic mass is 9.82. The topological polar surface area (TPSA) is 55.4 Å². The molecule has 132 valence electrons. The predicted octanol–water partition coefficient (Wildman–Crippen LogP) is 3.88. The fraction of sp³-hybridized carbons (Fsp3) is 0.500. The highest BCUT2D eigenvalue weighted by Crippen LogP contribution is 2.26. The SMILES string of the molecule is Cc1cccc(/C=C/C(=O)OCC(=O)NC(C)(C)CC(C)(C)C)c1. The zero-order valence-corrected chi connectivity index (χ0v) is 15.6. The molecule has 4 heteroatoms. The molecule has 0 atom stereocenters. The van der Waals surface area contributed by atoms with Gasteiger partial charge in [0.05, 0.1) is 0 Å². The number of hydrogen-bond acceptors (Lipinski definition) is 3. The molecule has 0 aliphatic rings. The number of carbonyl (C=O) groups is 2. The van der Waals surface area contributed by atoms with Crippen molar-refractivity contribution in [3.05, 3.63) is 41.5 Å². The Hall–Kier alpha value is -2.10. The first-order valence-electron chi connectivity index (χ1n) is 8.19. The van der Waals surface area contributed by atoms with Crippen LogP contribution in [-0.2, 0) is 14.3 Å². The Balaban J connectivity index is 2.45. The smallest absolute Gasteiger partial charge is 0.331 e. The molecule has 0 aliphatic heterocycles. The first kappa shape index (κ1) is 19.9. The summed E-state index contributed by atoms with van der Waals surface area (Å²) in [5.41, 5.74) is 1.79. The fourth-order valence-electron chi connectivity index (χ4n) is 2.91. The van der Waals surface area contributed by atoms with Crippen LogP contribution in [0.3, 0.4) is 0 Å². The van der Waals surface area contributed by atoms with Crippen LogP contribution in [-0.4, -0.2) is 24.0 Å². The molecule has 1 aromatic rings. The van der Waals surface area contributed by atoms with Crippen molar-refractivity contribution in [3.8, 4) is 0 Å². The van der Waals surface area contributed by atoms with Gasteiger partial charge in [-0.05, 0) is 44.2 Å². The molecule has 0 saturated carbocycles. The van der Waals surface area contributed by atoms with E-state index in [-0.39, 0.29) is 23.5 Å². The normalized spacial score (nSPS) is 12.2. The first-order chi connectivity index (χ1) is 11.0. The zero-order chi connectivity index (χ0) is 18.4. The van der Waals surface area contributed by atoms with E-state index in [4.69, 9.17) is 4.74 Å². The lowest BCUT2D eigenvalue weighted by Gasteiger charge is -2.33. The van der Waals surface area contributed by atoms with Crippen LogP contribution in [0.5, 0.6) is 0 Å². The summed E-state index contributed by atoms with van der Waals surface area (Å²) >= 11 is 0. The second-order valence-corrected chi connectivity index (χ2v) is 8.02. The minimum absolute atomic E-state index is 0.101. The van der Waals surface area contributed by atoms with Crippen LogP contribution < -0.4 is 5.32 Å². The minimum atomic E-state index is -0.528. The van der Waals surface area contributed by atoms with Gasteiger partial charge in [-0.25, -0.2) is 4.79 Å². The third-order valence-corrected chi connectivity index (χ3v) is 3.25. The quantitative estimate of drug-likeness (QED) is 0.636. The highest BCUT2D eigenvalue weighted by molar-refractivity contribution is 5.89. The van der Waals surface area contributed by atoms with Crippen LogP contribution in [0.25, 0.3) is 6.08 Å². The molecule has 0 aromatic heterocycles. The van der Waals surface area contributed by atoms with E-state index in [2.05, 4.69) is 26.1 Å². The van der Waals surface area contributed by atoms with E-state index < -0.39 is 5.97 Å². The minimum Gasteiger partial charge on any atom is -0.452 e. The third-order valence-electron chi connectivity index (χ3n) is 3.25. The lowest BCUT2D eigenvalue weighted by molar-refractivity contribution is -0.144. The van der Waals surface area contributed by atoms with Crippen molar-refractivity contribution < 1.29 is 14.3 Å². The van der Waals surface area contributed by atoms with Gasteiger partial charge in [0.1, 0.15) is 0 Å². The van der Waals surface area contributed by atoms with E-state index in [0.717, 1.165) is 17.5 Å². The Morgan fingerprint density at radius 2 is 1.83 bits per heavy atom. The molecular weight excluding hydrogens is 302 g/mol. The fourth-order valence-corrected chi connectivity index (χ4v) is 2.91. The predicted molar refractivity (Wildman–Crippen MR) is 97.5 cm³/mol. The summed E-state index contributed by atoms with van der Waals surface area (Å²) in [5.74, 6) is -0.818. The van der Waals surface area contributed by atoms with Crippen molar-refractivity contribution in [2.24, 2.45) is 5.41 Å². The maximum absolute atomic E-state index is 12.0. The van der Waals surface area contributed by atoms with Crippen molar-refractivity contribution in [2.45, 2.75) is 53.5 Å². The van der Waals surface area contributed by atoms with Crippen LogP contribution in [0.2, 0.25) is 0 Å². The van der Waals surface area contributed by atoms with Gasteiger partial charge in [0.25, 0.3) is 5.91 Å². The molecule has 1 amide bonds. The number of carbonyl (C=O) groups excluding carboxylic acids is 2. The lowest BCUT2D eigenvalue weighted by Crippen LogP contribution is -2.47. The van der Waals surface area contributed by atoms with Gasteiger partial charge in [-0.3, -0.25) is 4.79 Å². The molecule has 1 rings (SSSR count). The molecule has 24 heavy (non-hydrogen) atoms. The van der Waals surface area contributed by atoms with Gasteiger partial charge in [-0.2, -0.15) is 0 Å². The second-order valence-electron chi connectivity index (χ2n) is 8.02. The molecule has 0 unspecified atom stereocenters. The van der Waals surface area contributed by atoms with Gasteiger partial charge < -0.3 is 10.1 Å². The summed E-state index contributed by atoms with van der Waals surface area (Å²) < 4.78 is 4.99. The molecule has 0 bridgehead atoms. The standard InChI is InChI=1S/C20H29NO3/c1-15-8-7-9-16(12-15)10-11-18(23)24-13-17(22)21-20(5,6)14-19(2,3)4/h7-12H,13-14H2,1-6H3,(H,21,22)/b11-10+. The maximum Gasteiger partial charge on any atom is 0.331 e. The molecule has 0 aliphatic carbocycles. The summed E-state index contributed by atoms with van der Waals surface area (Å²) in [6.45, 7) is 12.0. The zero-order valence-electron chi connectivity index (χ0n) is 15.6. The Labute approximate surface area is 145 Å². The van der Waals surface area contributed by atoms with Crippen molar-refractivity contribution in [1.29, 1.82) is 0 Å². The van der Waals surface area contributed by atoms with E-state index in [0.29, 0.717) is 0 Å². The van der Waals surface area contributed by atoms with Crippen LogP contribution in [0.4, 0.5) is 0 Å². The van der Waals surface area contributed by atoms with Crippen LogP contribution >= 0.6 is 0 Å². The number of benzene rings is 1. The molecule has 4 nitrogen and oxygen atoms in total. The van der Waals surface area contributed by atoms with E-state index >= 15 is 0 Å². The summed E-state index contributed by atoms with van der Waals surface area (Å²) in [6.07, 6.45) is 3.84.